The highest BCUT2D eigenvalue weighted by Gasteiger charge is 2.39. The van der Waals surface area contributed by atoms with Crippen LogP contribution in [0.15, 0.2) is 24.3 Å². The van der Waals surface area contributed by atoms with Crippen molar-refractivity contribution in [1.82, 2.24) is 0 Å². The molecule has 0 aliphatic heterocycles. The molecule has 5 heteroatoms. The van der Waals surface area contributed by atoms with Crippen LogP contribution < -0.4 is 5.73 Å². The molecule has 0 aromatic heterocycles. The van der Waals surface area contributed by atoms with E-state index in [0.717, 1.165) is 12.1 Å². The zero-order valence-electron chi connectivity index (χ0n) is 8.84. The van der Waals surface area contributed by atoms with E-state index in [2.05, 4.69) is 11.8 Å². The molecule has 0 spiro atoms. The molecule has 1 rings (SSSR count). The number of halogens is 3. The zero-order valence-corrected chi connectivity index (χ0v) is 8.84. The topological polar surface area (TPSA) is 43.1 Å². The molecule has 0 aliphatic carbocycles. The molecule has 0 aliphatic rings. The van der Waals surface area contributed by atoms with Crippen molar-refractivity contribution in [2.24, 2.45) is 5.73 Å². The van der Waals surface area contributed by atoms with Gasteiger partial charge in [-0.1, -0.05) is 24.0 Å². The lowest BCUT2D eigenvalue weighted by Gasteiger charge is -2.04. The van der Waals surface area contributed by atoms with Crippen LogP contribution >= 0.6 is 0 Å². The summed E-state index contributed by atoms with van der Waals surface area (Å²) >= 11 is 0. The molecule has 17 heavy (non-hydrogen) atoms. The molecule has 1 aromatic rings. The van der Waals surface area contributed by atoms with Gasteiger partial charge in [0.15, 0.2) is 0 Å². The van der Waals surface area contributed by atoms with Crippen LogP contribution in [-0.4, -0.2) is 18.5 Å². The summed E-state index contributed by atoms with van der Waals surface area (Å²) in [5.74, 6) is 3.47. The van der Waals surface area contributed by atoms with Crippen LogP contribution in [0.5, 0.6) is 0 Å². The van der Waals surface area contributed by atoms with Gasteiger partial charge in [-0.15, -0.1) is 0 Å². The summed E-state index contributed by atoms with van der Waals surface area (Å²) in [5.41, 5.74) is 5.19. The van der Waals surface area contributed by atoms with Gasteiger partial charge in [-0.3, -0.25) is 4.79 Å². The normalized spacial score (nSPS) is 10.6. The number of nitrogens with two attached hydrogens (primary N) is 1. The van der Waals surface area contributed by atoms with E-state index in [9.17, 15) is 18.0 Å². The van der Waals surface area contributed by atoms with Gasteiger partial charge in [-0.25, -0.2) is 0 Å². The van der Waals surface area contributed by atoms with Gasteiger partial charge in [0.25, 0.3) is 5.78 Å². The second-order valence-electron chi connectivity index (χ2n) is 3.25. The average molecular weight is 241 g/mol. The third-order valence-electron chi connectivity index (χ3n) is 1.88. The van der Waals surface area contributed by atoms with Crippen LogP contribution in [0.4, 0.5) is 13.2 Å². The number of carbonyl (C=O) groups is 1. The van der Waals surface area contributed by atoms with E-state index < -0.39 is 17.5 Å². The maximum absolute atomic E-state index is 12.2. The number of carbonyl (C=O) groups excluding carboxylic acids is 1. The van der Waals surface area contributed by atoms with Gasteiger partial charge in [-0.05, 0) is 12.1 Å². The molecule has 0 saturated carbocycles. The molecular weight excluding hydrogens is 231 g/mol. The summed E-state index contributed by atoms with van der Waals surface area (Å²) in [4.78, 5) is 11.0. The molecule has 1 aromatic carbocycles. The summed E-state index contributed by atoms with van der Waals surface area (Å²) in [5, 5.41) is 0. The third kappa shape index (κ3) is 3.93. The Labute approximate surface area is 96.6 Å². The first kappa shape index (κ1) is 13.3. The average Bonchev–Trinajstić information content (AvgIpc) is 2.28. The van der Waals surface area contributed by atoms with Crippen LogP contribution in [0.1, 0.15) is 22.3 Å². The van der Waals surface area contributed by atoms with Gasteiger partial charge in [0.2, 0.25) is 0 Å². The van der Waals surface area contributed by atoms with Crippen molar-refractivity contribution in [3.8, 4) is 11.8 Å². The molecule has 0 atom stereocenters. The predicted octanol–water partition coefficient (Wildman–Crippen LogP) is 2.13. The number of alkyl halides is 3. The van der Waals surface area contributed by atoms with Crippen molar-refractivity contribution >= 4 is 5.78 Å². The standard InChI is InChI=1S/C12H10F3NO/c13-12(14,15)11(17)10-6-3-5-9(8-10)4-1-2-7-16/h3,5-6,8H,2,7,16H2. The van der Waals surface area contributed by atoms with Gasteiger partial charge in [0.1, 0.15) is 0 Å². The summed E-state index contributed by atoms with van der Waals surface area (Å²) < 4.78 is 36.5. The number of hydrogen-bond acceptors (Lipinski definition) is 2. The van der Waals surface area contributed by atoms with E-state index in [-0.39, 0.29) is 0 Å². The van der Waals surface area contributed by atoms with Crippen LogP contribution in [0.2, 0.25) is 0 Å². The Morgan fingerprint density at radius 2 is 2.06 bits per heavy atom. The molecule has 0 fully saturated rings. The van der Waals surface area contributed by atoms with E-state index in [1.165, 1.54) is 12.1 Å². The third-order valence-corrected chi connectivity index (χ3v) is 1.88. The Hall–Kier alpha value is -1.80. The highest BCUT2D eigenvalue weighted by atomic mass is 19.4. The molecule has 90 valence electrons. The lowest BCUT2D eigenvalue weighted by Crippen LogP contribution is -2.22. The Morgan fingerprint density at radius 1 is 1.35 bits per heavy atom. The summed E-state index contributed by atoms with van der Waals surface area (Å²) in [6.45, 7) is 0.383. The van der Waals surface area contributed by atoms with Crippen molar-refractivity contribution in [3.05, 3.63) is 35.4 Å². The Balaban J connectivity index is 2.95. The SMILES string of the molecule is NCCC#Cc1cccc(C(=O)C(F)(F)F)c1. The molecule has 0 amide bonds. The minimum atomic E-state index is -4.86. The number of Topliss-reactive ketones (excluding diaryl/α,β-unsaturated/α-hetero) is 1. The van der Waals surface area contributed by atoms with Gasteiger partial charge in [0.05, 0.1) is 0 Å². The van der Waals surface area contributed by atoms with Gasteiger partial charge in [-0.2, -0.15) is 13.2 Å². The van der Waals surface area contributed by atoms with E-state index in [0.29, 0.717) is 18.5 Å². The van der Waals surface area contributed by atoms with Crippen LogP contribution in [0.25, 0.3) is 0 Å². The largest absolute Gasteiger partial charge is 0.454 e. The molecule has 0 radical (unpaired) electrons. The van der Waals surface area contributed by atoms with Crippen molar-refractivity contribution < 1.29 is 18.0 Å². The highest BCUT2D eigenvalue weighted by molar-refractivity contribution is 6.00. The molecule has 2 nitrogen and oxygen atoms in total. The maximum Gasteiger partial charge on any atom is 0.454 e. The second kappa shape index (κ2) is 5.51. The van der Waals surface area contributed by atoms with E-state index in [4.69, 9.17) is 5.73 Å². The summed E-state index contributed by atoms with van der Waals surface area (Å²) in [7, 11) is 0. The quantitative estimate of drug-likeness (QED) is 0.636. The second-order valence-corrected chi connectivity index (χ2v) is 3.25. The Bertz CT molecular complexity index is 469. The first-order chi connectivity index (χ1) is 7.95. The fraction of sp³-hybridized carbons (Fsp3) is 0.250. The first-order valence-corrected chi connectivity index (χ1v) is 4.85. The lowest BCUT2D eigenvalue weighted by atomic mass is 10.1. The van der Waals surface area contributed by atoms with Crippen LogP contribution in [0, 0.1) is 11.8 Å². The maximum atomic E-state index is 12.2. The lowest BCUT2D eigenvalue weighted by molar-refractivity contribution is -0.0885. The number of benzene rings is 1. The van der Waals surface area contributed by atoms with E-state index in [1.54, 1.807) is 0 Å². The number of rotatable bonds is 2. The van der Waals surface area contributed by atoms with E-state index >= 15 is 0 Å². The smallest absolute Gasteiger partial charge is 0.330 e. The molecule has 0 heterocycles. The summed E-state index contributed by atoms with van der Waals surface area (Å²) in [6, 6.07) is 5.14. The van der Waals surface area contributed by atoms with Gasteiger partial charge < -0.3 is 5.73 Å². The Kier molecular flexibility index (Phi) is 4.30. The number of ketones is 1. The van der Waals surface area contributed by atoms with Crippen LogP contribution in [0.3, 0.4) is 0 Å². The highest BCUT2D eigenvalue weighted by Crippen LogP contribution is 2.21. The van der Waals surface area contributed by atoms with Crippen molar-refractivity contribution in [1.29, 1.82) is 0 Å². The van der Waals surface area contributed by atoms with Crippen molar-refractivity contribution in [2.75, 3.05) is 6.54 Å². The van der Waals surface area contributed by atoms with Gasteiger partial charge in [0, 0.05) is 24.1 Å². The fourth-order valence-electron chi connectivity index (χ4n) is 1.14. The zero-order chi connectivity index (χ0) is 12.9. The first-order valence-electron chi connectivity index (χ1n) is 4.85. The Morgan fingerprint density at radius 3 is 2.65 bits per heavy atom. The minimum Gasteiger partial charge on any atom is -0.330 e. The fourth-order valence-corrected chi connectivity index (χ4v) is 1.14. The summed E-state index contributed by atoms with van der Waals surface area (Å²) in [6.07, 6.45) is -4.40. The predicted molar refractivity (Wildman–Crippen MR) is 57.4 cm³/mol. The molecule has 2 N–H and O–H groups in total. The van der Waals surface area contributed by atoms with E-state index in [1.807, 2.05) is 0 Å². The molecule has 0 bridgehead atoms. The molecule has 0 saturated heterocycles. The monoisotopic (exact) mass is 241 g/mol. The van der Waals surface area contributed by atoms with Gasteiger partial charge >= 0.3 is 6.18 Å². The van der Waals surface area contributed by atoms with Crippen LogP contribution in [-0.2, 0) is 0 Å². The molecule has 0 unspecified atom stereocenters. The molecular formula is C12H10F3NO. The minimum absolute atomic E-state index is 0.369. The number of hydrogen-bond donors (Lipinski definition) is 1. The van der Waals surface area contributed by atoms with Crippen molar-refractivity contribution in [2.45, 2.75) is 12.6 Å². The van der Waals surface area contributed by atoms with Crippen molar-refractivity contribution in [3.63, 3.8) is 0 Å².